The predicted molar refractivity (Wildman–Crippen MR) is 104 cm³/mol. The zero-order valence-corrected chi connectivity index (χ0v) is 15.5. The van der Waals surface area contributed by atoms with Crippen molar-refractivity contribution in [2.75, 3.05) is 11.9 Å². The molecule has 1 atom stereocenters. The van der Waals surface area contributed by atoms with Crippen LogP contribution in [0.5, 0.6) is 0 Å². The van der Waals surface area contributed by atoms with Gasteiger partial charge in [-0.2, -0.15) is 0 Å². The normalized spacial score (nSPS) is 17.9. The number of nitrogens with one attached hydrogen (secondary N) is 1. The van der Waals surface area contributed by atoms with Gasteiger partial charge in [-0.1, -0.05) is 54.8 Å². The maximum atomic E-state index is 13.0. The fourth-order valence-corrected chi connectivity index (χ4v) is 3.54. The molecule has 1 aliphatic rings. The molecular weight excluding hydrogens is 308 g/mol. The number of rotatable bonds is 2. The van der Waals surface area contributed by atoms with E-state index in [2.05, 4.69) is 55.6 Å². The summed E-state index contributed by atoms with van der Waals surface area (Å²) in [5.41, 5.74) is 5.66. The van der Waals surface area contributed by atoms with Crippen molar-refractivity contribution in [2.24, 2.45) is 0 Å². The van der Waals surface area contributed by atoms with Crippen LogP contribution in [0, 0.1) is 20.8 Å². The van der Waals surface area contributed by atoms with E-state index in [0.29, 0.717) is 0 Å². The number of urea groups is 1. The van der Waals surface area contributed by atoms with E-state index in [1.54, 1.807) is 0 Å². The molecule has 3 heteroatoms. The van der Waals surface area contributed by atoms with Crippen LogP contribution in [-0.4, -0.2) is 17.5 Å². The second kappa shape index (κ2) is 7.73. The third-order valence-electron chi connectivity index (χ3n) is 5.11. The van der Waals surface area contributed by atoms with E-state index in [-0.39, 0.29) is 12.1 Å². The maximum Gasteiger partial charge on any atom is 0.322 e. The number of carbonyl (C=O) groups excluding carboxylic acids is 1. The molecule has 1 heterocycles. The van der Waals surface area contributed by atoms with Crippen LogP contribution in [0.1, 0.15) is 54.0 Å². The van der Waals surface area contributed by atoms with Crippen LogP contribution < -0.4 is 5.32 Å². The van der Waals surface area contributed by atoms with Gasteiger partial charge >= 0.3 is 6.03 Å². The average molecular weight is 336 g/mol. The topological polar surface area (TPSA) is 32.3 Å². The van der Waals surface area contributed by atoms with Gasteiger partial charge < -0.3 is 10.2 Å². The van der Waals surface area contributed by atoms with Crippen molar-refractivity contribution < 1.29 is 4.79 Å². The van der Waals surface area contributed by atoms with E-state index < -0.39 is 0 Å². The number of hydrogen-bond acceptors (Lipinski definition) is 1. The molecule has 1 fully saturated rings. The lowest BCUT2D eigenvalue weighted by Crippen LogP contribution is -2.38. The molecular formula is C22H28N2O. The molecule has 1 saturated heterocycles. The van der Waals surface area contributed by atoms with Crippen LogP contribution >= 0.6 is 0 Å². The van der Waals surface area contributed by atoms with Crippen LogP contribution in [0.4, 0.5) is 10.5 Å². The lowest BCUT2D eigenvalue weighted by atomic mass is 10.00. The van der Waals surface area contributed by atoms with Crippen LogP contribution in [-0.2, 0) is 0 Å². The van der Waals surface area contributed by atoms with Crippen molar-refractivity contribution in [3.05, 3.63) is 64.7 Å². The number of hydrogen-bond donors (Lipinski definition) is 1. The van der Waals surface area contributed by atoms with E-state index in [1.807, 2.05) is 17.9 Å². The molecule has 0 bridgehead atoms. The Morgan fingerprint density at radius 2 is 1.68 bits per heavy atom. The van der Waals surface area contributed by atoms with Crippen molar-refractivity contribution in [1.29, 1.82) is 0 Å². The molecule has 2 aromatic carbocycles. The summed E-state index contributed by atoms with van der Waals surface area (Å²) in [6.45, 7) is 7.00. The Kier molecular flexibility index (Phi) is 5.42. The zero-order chi connectivity index (χ0) is 17.8. The standard InChI is InChI=1S/C22H28N2O/c1-16-9-12-19(13-10-16)21-7-5-4-6-14-24(21)22(25)23-20-15-17(2)8-11-18(20)3/h8-13,15,21H,4-7,14H2,1-3H3,(H,23,25). The Hall–Kier alpha value is -2.29. The van der Waals surface area contributed by atoms with Gasteiger partial charge in [-0.05, 0) is 56.4 Å². The molecule has 25 heavy (non-hydrogen) atoms. The molecule has 2 aromatic rings. The van der Waals surface area contributed by atoms with Gasteiger partial charge in [-0.15, -0.1) is 0 Å². The first-order valence-corrected chi connectivity index (χ1v) is 9.26. The SMILES string of the molecule is Cc1ccc(C2CCCCCN2C(=O)Nc2cc(C)ccc2C)cc1. The van der Waals surface area contributed by atoms with E-state index in [0.717, 1.165) is 36.2 Å². The Morgan fingerprint density at radius 1 is 0.960 bits per heavy atom. The average Bonchev–Trinajstić information content (AvgIpc) is 2.85. The first-order valence-electron chi connectivity index (χ1n) is 9.26. The third kappa shape index (κ3) is 4.22. The highest BCUT2D eigenvalue weighted by atomic mass is 16.2. The quantitative estimate of drug-likeness (QED) is 0.743. The molecule has 1 aliphatic heterocycles. The maximum absolute atomic E-state index is 13.0. The summed E-state index contributed by atoms with van der Waals surface area (Å²) in [7, 11) is 0. The Balaban J connectivity index is 1.84. The first-order chi connectivity index (χ1) is 12.0. The first kappa shape index (κ1) is 17.5. The van der Waals surface area contributed by atoms with Crippen LogP contribution in [0.15, 0.2) is 42.5 Å². The molecule has 0 spiro atoms. The Bertz CT molecular complexity index is 736. The number of likely N-dealkylation sites (tertiary alicyclic amines) is 1. The summed E-state index contributed by atoms with van der Waals surface area (Å²) in [6, 6.07) is 15.0. The number of aryl methyl sites for hydroxylation is 3. The molecule has 1 unspecified atom stereocenters. The van der Waals surface area contributed by atoms with Crippen LogP contribution in [0.2, 0.25) is 0 Å². The molecule has 0 aromatic heterocycles. The molecule has 1 N–H and O–H groups in total. The number of nitrogens with zero attached hydrogens (tertiary/aromatic N) is 1. The summed E-state index contributed by atoms with van der Waals surface area (Å²) in [6.07, 6.45) is 4.47. The van der Waals surface area contributed by atoms with Gasteiger partial charge in [0.15, 0.2) is 0 Å². The Labute approximate surface area is 151 Å². The summed E-state index contributed by atoms with van der Waals surface area (Å²) >= 11 is 0. The monoisotopic (exact) mass is 336 g/mol. The number of anilines is 1. The van der Waals surface area contributed by atoms with Gasteiger partial charge in [0.25, 0.3) is 0 Å². The van der Waals surface area contributed by atoms with Crippen LogP contribution in [0.3, 0.4) is 0 Å². The molecule has 0 aliphatic carbocycles. The molecule has 3 rings (SSSR count). The highest BCUT2D eigenvalue weighted by Gasteiger charge is 2.27. The largest absolute Gasteiger partial charge is 0.322 e. The van der Waals surface area contributed by atoms with Gasteiger partial charge in [0.1, 0.15) is 0 Å². The molecule has 2 amide bonds. The molecule has 0 radical (unpaired) electrons. The summed E-state index contributed by atoms with van der Waals surface area (Å²) < 4.78 is 0. The minimum absolute atomic E-state index is 0.0150. The van der Waals surface area contributed by atoms with Crippen molar-refractivity contribution in [1.82, 2.24) is 4.90 Å². The van der Waals surface area contributed by atoms with Gasteiger partial charge in [-0.25, -0.2) is 4.79 Å². The van der Waals surface area contributed by atoms with Crippen molar-refractivity contribution in [3.63, 3.8) is 0 Å². The third-order valence-corrected chi connectivity index (χ3v) is 5.11. The van der Waals surface area contributed by atoms with Crippen LogP contribution in [0.25, 0.3) is 0 Å². The predicted octanol–water partition coefficient (Wildman–Crippen LogP) is 5.76. The van der Waals surface area contributed by atoms with E-state index in [1.165, 1.54) is 24.0 Å². The fourth-order valence-electron chi connectivity index (χ4n) is 3.54. The second-order valence-electron chi connectivity index (χ2n) is 7.22. The van der Waals surface area contributed by atoms with Crippen molar-refractivity contribution >= 4 is 11.7 Å². The highest BCUT2D eigenvalue weighted by Crippen LogP contribution is 2.31. The molecule has 0 saturated carbocycles. The van der Waals surface area contributed by atoms with Crippen molar-refractivity contribution in [3.8, 4) is 0 Å². The smallest absolute Gasteiger partial charge is 0.317 e. The summed E-state index contributed by atoms with van der Waals surface area (Å²) in [5.74, 6) is 0. The minimum atomic E-state index is 0.0150. The van der Waals surface area contributed by atoms with E-state index in [9.17, 15) is 4.79 Å². The number of benzene rings is 2. The number of carbonyl (C=O) groups is 1. The summed E-state index contributed by atoms with van der Waals surface area (Å²) in [5, 5.41) is 3.15. The van der Waals surface area contributed by atoms with Gasteiger partial charge in [0.05, 0.1) is 6.04 Å². The Morgan fingerprint density at radius 3 is 2.44 bits per heavy atom. The lowest BCUT2D eigenvalue weighted by Gasteiger charge is -2.31. The highest BCUT2D eigenvalue weighted by molar-refractivity contribution is 5.90. The van der Waals surface area contributed by atoms with Gasteiger partial charge in [0.2, 0.25) is 0 Å². The minimum Gasteiger partial charge on any atom is -0.317 e. The molecule has 3 nitrogen and oxygen atoms in total. The van der Waals surface area contributed by atoms with E-state index in [4.69, 9.17) is 0 Å². The number of amides is 2. The van der Waals surface area contributed by atoms with Gasteiger partial charge in [-0.3, -0.25) is 0 Å². The fraction of sp³-hybridized carbons (Fsp3) is 0.409. The zero-order valence-electron chi connectivity index (χ0n) is 15.5. The van der Waals surface area contributed by atoms with Gasteiger partial charge in [0, 0.05) is 12.2 Å². The lowest BCUT2D eigenvalue weighted by molar-refractivity contribution is 0.189. The van der Waals surface area contributed by atoms with Crippen molar-refractivity contribution in [2.45, 2.75) is 52.5 Å². The summed E-state index contributed by atoms with van der Waals surface area (Å²) in [4.78, 5) is 15.1. The molecule has 132 valence electrons. The van der Waals surface area contributed by atoms with E-state index >= 15 is 0 Å². The second-order valence-corrected chi connectivity index (χ2v) is 7.22.